The van der Waals surface area contributed by atoms with Crippen molar-refractivity contribution in [3.8, 4) is 11.5 Å². The third-order valence-electron chi connectivity index (χ3n) is 2.86. The van der Waals surface area contributed by atoms with Gasteiger partial charge in [-0.05, 0) is 37.6 Å². The molecule has 0 aliphatic rings. The highest BCUT2D eigenvalue weighted by atomic mass is 79.9. The molecule has 1 aromatic carbocycles. The van der Waals surface area contributed by atoms with Gasteiger partial charge in [0.05, 0.1) is 16.8 Å². The standard InChI is InChI=1S/C14H14BrN3O3/c1-8-5-10(15)6-13(18(19)20)14(8)21-11-3-4-12(9(2)16)17-7-11/h3-7,9H,16H2,1-2H3/t9-/m1/s1. The van der Waals surface area contributed by atoms with Crippen LogP contribution in [-0.2, 0) is 0 Å². The number of aromatic nitrogens is 1. The van der Waals surface area contributed by atoms with Gasteiger partial charge in [-0.1, -0.05) is 15.9 Å². The van der Waals surface area contributed by atoms with Gasteiger partial charge >= 0.3 is 5.69 Å². The number of hydrogen-bond acceptors (Lipinski definition) is 5. The molecule has 1 atom stereocenters. The van der Waals surface area contributed by atoms with Gasteiger partial charge in [-0.3, -0.25) is 15.1 Å². The van der Waals surface area contributed by atoms with E-state index in [1.54, 1.807) is 25.1 Å². The van der Waals surface area contributed by atoms with Crippen molar-refractivity contribution in [1.82, 2.24) is 4.98 Å². The lowest BCUT2D eigenvalue weighted by Crippen LogP contribution is -2.06. The van der Waals surface area contributed by atoms with E-state index in [1.807, 2.05) is 6.92 Å². The van der Waals surface area contributed by atoms with Crippen LogP contribution in [-0.4, -0.2) is 9.91 Å². The molecule has 0 aliphatic heterocycles. The van der Waals surface area contributed by atoms with Gasteiger partial charge < -0.3 is 10.5 Å². The Morgan fingerprint density at radius 2 is 2.14 bits per heavy atom. The minimum Gasteiger partial charge on any atom is -0.448 e. The summed E-state index contributed by atoms with van der Waals surface area (Å²) in [6, 6.07) is 6.41. The van der Waals surface area contributed by atoms with E-state index in [0.29, 0.717) is 15.8 Å². The van der Waals surface area contributed by atoms with Gasteiger partial charge in [0.1, 0.15) is 5.75 Å². The molecule has 6 nitrogen and oxygen atoms in total. The van der Waals surface area contributed by atoms with E-state index >= 15 is 0 Å². The van der Waals surface area contributed by atoms with Crippen molar-refractivity contribution >= 4 is 21.6 Å². The van der Waals surface area contributed by atoms with E-state index in [4.69, 9.17) is 10.5 Å². The van der Waals surface area contributed by atoms with Gasteiger partial charge in [-0.2, -0.15) is 0 Å². The predicted molar refractivity (Wildman–Crippen MR) is 82.4 cm³/mol. The molecule has 21 heavy (non-hydrogen) atoms. The van der Waals surface area contributed by atoms with Crippen molar-refractivity contribution < 1.29 is 9.66 Å². The molecule has 1 heterocycles. The highest BCUT2D eigenvalue weighted by molar-refractivity contribution is 9.10. The fourth-order valence-corrected chi connectivity index (χ4v) is 2.38. The highest BCUT2D eigenvalue weighted by Gasteiger charge is 2.19. The molecule has 0 aliphatic carbocycles. The van der Waals surface area contributed by atoms with Crippen LogP contribution in [0.1, 0.15) is 24.2 Å². The van der Waals surface area contributed by atoms with Gasteiger partial charge in [0.25, 0.3) is 0 Å². The number of nitro groups is 1. The molecule has 0 saturated carbocycles. The molecule has 2 N–H and O–H groups in total. The maximum atomic E-state index is 11.1. The smallest absolute Gasteiger partial charge is 0.312 e. The summed E-state index contributed by atoms with van der Waals surface area (Å²) in [7, 11) is 0. The lowest BCUT2D eigenvalue weighted by Gasteiger charge is -2.10. The second-order valence-electron chi connectivity index (χ2n) is 4.64. The molecule has 2 rings (SSSR count). The van der Waals surface area contributed by atoms with E-state index in [0.717, 1.165) is 5.69 Å². The molecule has 0 radical (unpaired) electrons. The molecule has 7 heteroatoms. The minimum absolute atomic E-state index is 0.0989. The van der Waals surface area contributed by atoms with Crippen molar-refractivity contribution in [2.45, 2.75) is 19.9 Å². The molecular weight excluding hydrogens is 338 g/mol. The third kappa shape index (κ3) is 3.56. The zero-order valence-electron chi connectivity index (χ0n) is 11.5. The number of ether oxygens (including phenoxy) is 1. The van der Waals surface area contributed by atoms with Crippen LogP contribution in [0.3, 0.4) is 0 Å². The van der Waals surface area contributed by atoms with Crippen LogP contribution in [0.4, 0.5) is 5.69 Å². The number of rotatable bonds is 4. The number of hydrogen-bond donors (Lipinski definition) is 1. The topological polar surface area (TPSA) is 91.3 Å². The number of benzene rings is 1. The van der Waals surface area contributed by atoms with E-state index < -0.39 is 4.92 Å². The van der Waals surface area contributed by atoms with Gasteiger partial charge in [0.2, 0.25) is 5.75 Å². The first kappa shape index (κ1) is 15.4. The fraction of sp³-hybridized carbons (Fsp3) is 0.214. The van der Waals surface area contributed by atoms with E-state index in [-0.39, 0.29) is 17.5 Å². The number of nitrogens with two attached hydrogens (primary N) is 1. The average Bonchev–Trinajstić information content (AvgIpc) is 2.41. The minimum atomic E-state index is -0.475. The Bertz CT molecular complexity index is 672. The SMILES string of the molecule is Cc1cc(Br)cc([N+](=O)[O-])c1Oc1ccc([C@@H](C)N)nc1. The second kappa shape index (κ2) is 6.19. The number of pyridine rings is 1. The van der Waals surface area contributed by atoms with Crippen molar-refractivity contribution in [2.75, 3.05) is 0 Å². The molecule has 1 aromatic heterocycles. The lowest BCUT2D eigenvalue weighted by molar-refractivity contribution is -0.385. The summed E-state index contributed by atoms with van der Waals surface area (Å²) in [5.41, 5.74) is 7.01. The quantitative estimate of drug-likeness (QED) is 0.666. The van der Waals surface area contributed by atoms with Crippen LogP contribution >= 0.6 is 15.9 Å². The van der Waals surface area contributed by atoms with Crippen LogP contribution in [0.15, 0.2) is 34.9 Å². The summed E-state index contributed by atoms with van der Waals surface area (Å²) in [5.74, 6) is 0.631. The Morgan fingerprint density at radius 1 is 1.43 bits per heavy atom. The number of halogens is 1. The summed E-state index contributed by atoms with van der Waals surface area (Å²) < 4.78 is 6.25. The molecule has 0 bridgehead atoms. The number of nitro benzene ring substituents is 1. The van der Waals surface area contributed by atoms with Gasteiger partial charge in [0.15, 0.2) is 0 Å². The van der Waals surface area contributed by atoms with E-state index in [1.165, 1.54) is 12.3 Å². The van der Waals surface area contributed by atoms with Crippen molar-refractivity contribution in [3.05, 3.63) is 56.3 Å². The summed E-state index contributed by atoms with van der Waals surface area (Å²) in [4.78, 5) is 14.8. The molecule has 0 spiro atoms. The molecule has 2 aromatic rings. The maximum absolute atomic E-state index is 11.1. The van der Waals surface area contributed by atoms with Crippen LogP contribution in [0.2, 0.25) is 0 Å². The van der Waals surface area contributed by atoms with Gasteiger partial charge in [0, 0.05) is 16.6 Å². The van der Waals surface area contributed by atoms with Crippen molar-refractivity contribution in [3.63, 3.8) is 0 Å². The Balaban J connectivity index is 2.37. The Labute approximate surface area is 130 Å². The largest absolute Gasteiger partial charge is 0.448 e. The monoisotopic (exact) mass is 351 g/mol. The van der Waals surface area contributed by atoms with Crippen LogP contribution in [0.5, 0.6) is 11.5 Å². The Kier molecular flexibility index (Phi) is 4.54. The molecule has 0 saturated heterocycles. The summed E-state index contributed by atoms with van der Waals surface area (Å²) >= 11 is 3.24. The summed E-state index contributed by atoms with van der Waals surface area (Å²) in [5, 5.41) is 11.1. The fourth-order valence-electron chi connectivity index (χ4n) is 1.82. The lowest BCUT2D eigenvalue weighted by atomic mass is 10.2. The van der Waals surface area contributed by atoms with Crippen LogP contribution < -0.4 is 10.5 Å². The molecule has 110 valence electrons. The summed E-state index contributed by atoms with van der Waals surface area (Å²) in [6.45, 7) is 3.57. The first-order valence-corrected chi connectivity index (χ1v) is 7.01. The maximum Gasteiger partial charge on any atom is 0.312 e. The molecule has 0 amide bonds. The Hall–Kier alpha value is -1.99. The number of aryl methyl sites for hydroxylation is 1. The molecule has 0 unspecified atom stereocenters. The second-order valence-corrected chi connectivity index (χ2v) is 5.55. The van der Waals surface area contributed by atoms with E-state index in [2.05, 4.69) is 20.9 Å². The van der Waals surface area contributed by atoms with E-state index in [9.17, 15) is 10.1 Å². The van der Waals surface area contributed by atoms with Crippen molar-refractivity contribution in [1.29, 1.82) is 0 Å². The molecular formula is C14H14BrN3O3. The predicted octanol–water partition coefficient (Wildman–Crippen LogP) is 3.87. The van der Waals surface area contributed by atoms with Crippen LogP contribution in [0.25, 0.3) is 0 Å². The highest BCUT2D eigenvalue weighted by Crippen LogP contribution is 2.37. The van der Waals surface area contributed by atoms with Crippen molar-refractivity contribution in [2.24, 2.45) is 5.73 Å². The Morgan fingerprint density at radius 3 is 2.67 bits per heavy atom. The zero-order valence-corrected chi connectivity index (χ0v) is 13.1. The number of nitrogens with zero attached hydrogens (tertiary/aromatic N) is 2. The first-order chi connectivity index (χ1) is 9.88. The normalized spacial score (nSPS) is 12.0. The average molecular weight is 352 g/mol. The third-order valence-corrected chi connectivity index (χ3v) is 3.32. The van der Waals surface area contributed by atoms with Crippen LogP contribution in [0, 0.1) is 17.0 Å². The van der Waals surface area contributed by atoms with Gasteiger partial charge in [-0.15, -0.1) is 0 Å². The first-order valence-electron chi connectivity index (χ1n) is 6.22. The summed E-state index contributed by atoms with van der Waals surface area (Å²) in [6.07, 6.45) is 1.50. The molecule has 0 fully saturated rings. The van der Waals surface area contributed by atoms with Gasteiger partial charge in [-0.25, -0.2) is 0 Å². The zero-order chi connectivity index (χ0) is 15.6.